The summed E-state index contributed by atoms with van der Waals surface area (Å²) in [6.07, 6.45) is -2.29. The van der Waals surface area contributed by atoms with Crippen molar-refractivity contribution in [2.24, 2.45) is 0 Å². The van der Waals surface area contributed by atoms with E-state index in [1.807, 2.05) is 0 Å². The van der Waals surface area contributed by atoms with Crippen molar-refractivity contribution in [2.75, 3.05) is 5.32 Å². The van der Waals surface area contributed by atoms with E-state index in [1.54, 1.807) is 6.07 Å². The molecule has 2 rings (SSSR count). The van der Waals surface area contributed by atoms with Crippen LogP contribution in [0.2, 0.25) is 0 Å². The number of carboxylic acids is 1. The second kappa shape index (κ2) is 5.78. The fraction of sp³-hybridized carbons (Fsp3) is 0.154. The van der Waals surface area contributed by atoms with Crippen LogP contribution in [0.25, 0.3) is 0 Å². The van der Waals surface area contributed by atoms with Crippen molar-refractivity contribution >= 4 is 11.8 Å². The van der Waals surface area contributed by atoms with Crippen LogP contribution in [-0.2, 0) is 12.7 Å². The Labute approximate surface area is 117 Å². The number of rotatable bonds is 4. The number of anilines is 1. The lowest BCUT2D eigenvalue weighted by molar-refractivity contribution is -0.137. The van der Waals surface area contributed by atoms with Gasteiger partial charge >= 0.3 is 12.1 Å². The van der Waals surface area contributed by atoms with Crippen molar-refractivity contribution < 1.29 is 23.1 Å². The number of hydrogen-bond donors (Lipinski definition) is 2. The molecule has 0 unspecified atom stereocenters. The zero-order chi connectivity index (χ0) is 15.5. The first-order valence-corrected chi connectivity index (χ1v) is 5.81. The summed E-state index contributed by atoms with van der Waals surface area (Å²) in [6, 6.07) is 5.07. The van der Waals surface area contributed by atoms with Gasteiger partial charge in [-0.3, -0.25) is 0 Å². The molecule has 2 heterocycles. The van der Waals surface area contributed by atoms with Gasteiger partial charge in [0.05, 0.1) is 5.56 Å². The van der Waals surface area contributed by atoms with Crippen molar-refractivity contribution in [3.05, 3.63) is 53.5 Å². The van der Waals surface area contributed by atoms with Gasteiger partial charge in [-0.25, -0.2) is 14.8 Å². The van der Waals surface area contributed by atoms with Crippen LogP contribution in [-0.4, -0.2) is 21.0 Å². The molecule has 0 atom stereocenters. The van der Waals surface area contributed by atoms with E-state index in [2.05, 4.69) is 15.3 Å². The van der Waals surface area contributed by atoms with E-state index in [0.717, 1.165) is 12.3 Å². The first kappa shape index (κ1) is 14.8. The molecule has 0 aliphatic rings. The minimum absolute atomic E-state index is 0.0774. The summed E-state index contributed by atoms with van der Waals surface area (Å²) in [7, 11) is 0. The number of carbonyl (C=O) groups is 1. The van der Waals surface area contributed by atoms with Gasteiger partial charge in [-0.1, -0.05) is 6.07 Å². The number of aromatic nitrogens is 2. The molecule has 110 valence electrons. The monoisotopic (exact) mass is 297 g/mol. The van der Waals surface area contributed by atoms with Crippen molar-refractivity contribution in [3.8, 4) is 0 Å². The molecule has 0 bridgehead atoms. The molecular formula is C13H10F3N3O2. The molecule has 0 saturated heterocycles. The highest BCUT2D eigenvalue weighted by atomic mass is 19.4. The van der Waals surface area contributed by atoms with Crippen molar-refractivity contribution in [1.82, 2.24) is 9.97 Å². The van der Waals surface area contributed by atoms with E-state index < -0.39 is 17.7 Å². The molecule has 5 nitrogen and oxygen atoms in total. The van der Waals surface area contributed by atoms with Crippen LogP contribution in [0, 0.1) is 0 Å². The van der Waals surface area contributed by atoms with E-state index >= 15 is 0 Å². The highest BCUT2D eigenvalue weighted by molar-refractivity contribution is 5.85. The molecule has 0 spiro atoms. The molecule has 2 aromatic heterocycles. The molecule has 21 heavy (non-hydrogen) atoms. The van der Waals surface area contributed by atoms with Gasteiger partial charge in [0.1, 0.15) is 11.5 Å². The topological polar surface area (TPSA) is 75.1 Å². The molecular weight excluding hydrogens is 287 g/mol. The highest BCUT2D eigenvalue weighted by Crippen LogP contribution is 2.28. The Morgan fingerprint density at radius 2 is 1.90 bits per heavy atom. The Hall–Kier alpha value is -2.64. The quantitative estimate of drug-likeness (QED) is 0.907. The fourth-order valence-electron chi connectivity index (χ4n) is 1.51. The third kappa shape index (κ3) is 3.91. The minimum Gasteiger partial charge on any atom is -0.477 e. The van der Waals surface area contributed by atoms with E-state index in [9.17, 15) is 18.0 Å². The van der Waals surface area contributed by atoms with Gasteiger partial charge in [0.25, 0.3) is 0 Å². The van der Waals surface area contributed by atoms with Crippen LogP contribution in [0.1, 0.15) is 21.6 Å². The molecule has 0 saturated carbocycles. The Kier molecular flexibility index (Phi) is 4.06. The zero-order valence-electron chi connectivity index (χ0n) is 10.6. The third-order valence-corrected chi connectivity index (χ3v) is 2.61. The zero-order valence-corrected chi connectivity index (χ0v) is 10.6. The Morgan fingerprint density at radius 3 is 2.38 bits per heavy atom. The maximum absolute atomic E-state index is 12.4. The summed E-state index contributed by atoms with van der Waals surface area (Å²) in [4.78, 5) is 18.0. The molecule has 2 N–H and O–H groups in total. The standard InChI is InChI=1S/C13H10F3N3O2/c14-13(15,16)9-2-4-11(19-7-9)18-6-8-1-3-10(12(20)21)17-5-8/h1-5,7H,6H2,(H,18,19)(H,20,21). The molecule has 0 fully saturated rings. The molecule has 8 heteroatoms. The largest absolute Gasteiger partial charge is 0.477 e. The maximum atomic E-state index is 12.4. The lowest BCUT2D eigenvalue weighted by atomic mass is 10.2. The Bertz CT molecular complexity index is 625. The molecule has 0 aliphatic heterocycles. The molecule has 2 aromatic rings. The second-order valence-corrected chi connectivity index (χ2v) is 4.14. The first-order chi connectivity index (χ1) is 9.86. The number of nitrogens with one attached hydrogen (secondary N) is 1. The summed E-state index contributed by atoms with van der Waals surface area (Å²) in [5.41, 5.74) is -0.214. The Morgan fingerprint density at radius 1 is 1.14 bits per heavy atom. The summed E-state index contributed by atoms with van der Waals surface area (Å²) < 4.78 is 37.1. The van der Waals surface area contributed by atoms with E-state index in [1.165, 1.54) is 18.3 Å². The average molecular weight is 297 g/mol. The third-order valence-electron chi connectivity index (χ3n) is 2.61. The lowest BCUT2D eigenvalue weighted by Crippen LogP contribution is -2.07. The second-order valence-electron chi connectivity index (χ2n) is 4.14. The van der Waals surface area contributed by atoms with Crippen LogP contribution in [0.3, 0.4) is 0 Å². The first-order valence-electron chi connectivity index (χ1n) is 5.81. The molecule has 0 aromatic carbocycles. The smallest absolute Gasteiger partial charge is 0.417 e. The van der Waals surface area contributed by atoms with E-state index in [4.69, 9.17) is 5.11 Å². The Balaban J connectivity index is 1.98. The van der Waals surface area contributed by atoms with Crippen LogP contribution in [0.5, 0.6) is 0 Å². The molecule has 0 radical (unpaired) electrons. The summed E-state index contributed by atoms with van der Waals surface area (Å²) >= 11 is 0. The number of hydrogen-bond acceptors (Lipinski definition) is 4. The van der Waals surface area contributed by atoms with Gasteiger partial charge in [0.15, 0.2) is 0 Å². The normalized spacial score (nSPS) is 11.2. The summed E-state index contributed by atoms with van der Waals surface area (Å²) in [5, 5.41) is 11.5. The van der Waals surface area contributed by atoms with E-state index in [0.29, 0.717) is 5.56 Å². The van der Waals surface area contributed by atoms with Gasteiger partial charge in [-0.15, -0.1) is 0 Å². The van der Waals surface area contributed by atoms with Gasteiger partial charge in [-0.05, 0) is 23.8 Å². The van der Waals surface area contributed by atoms with Crippen LogP contribution in [0.15, 0.2) is 36.7 Å². The predicted octanol–water partition coefficient (Wildman–Crippen LogP) is 2.81. The number of nitrogens with zero attached hydrogens (tertiary/aromatic N) is 2. The minimum atomic E-state index is -4.41. The number of carboxylic acid groups (broad SMARTS) is 1. The maximum Gasteiger partial charge on any atom is 0.417 e. The lowest BCUT2D eigenvalue weighted by Gasteiger charge is -2.08. The van der Waals surface area contributed by atoms with Crippen molar-refractivity contribution in [2.45, 2.75) is 12.7 Å². The van der Waals surface area contributed by atoms with Crippen molar-refractivity contribution in [3.63, 3.8) is 0 Å². The van der Waals surface area contributed by atoms with Gasteiger partial charge in [-0.2, -0.15) is 13.2 Å². The van der Waals surface area contributed by atoms with Crippen molar-refractivity contribution in [1.29, 1.82) is 0 Å². The molecule has 0 aliphatic carbocycles. The molecule has 0 amide bonds. The van der Waals surface area contributed by atoms with E-state index in [-0.39, 0.29) is 18.1 Å². The SMILES string of the molecule is O=C(O)c1ccc(CNc2ccc(C(F)(F)F)cn2)cn1. The predicted molar refractivity (Wildman–Crippen MR) is 67.8 cm³/mol. The fourth-order valence-corrected chi connectivity index (χ4v) is 1.51. The van der Waals surface area contributed by atoms with Crippen LogP contribution in [0.4, 0.5) is 19.0 Å². The summed E-state index contributed by atoms with van der Waals surface area (Å²) in [5.74, 6) is -0.843. The average Bonchev–Trinajstić information content (AvgIpc) is 2.45. The van der Waals surface area contributed by atoms with Crippen LogP contribution < -0.4 is 5.32 Å². The number of alkyl halides is 3. The van der Waals surface area contributed by atoms with Gasteiger partial charge in [0.2, 0.25) is 0 Å². The number of halogens is 3. The number of pyridine rings is 2. The highest BCUT2D eigenvalue weighted by Gasteiger charge is 2.30. The number of aromatic carboxylic acids is 1. The summed E-state index contributed by atoms with van der Waals surface area (Å²) in [6.45, 7) is 0.269. The van der Waals surface area contributed by atoms with Gasteiger partial charge < -0.3 is 10.4 Å². The van der Waals surface area contributed by atoms with Crippen LogP contribution >= 0.6 is 0 Å². The van der Waals surface area contributed by atoms with Gasteiger partial charge in [0, 0.05) is 18.9 Å².